The van der Waals surface area contributed by atoms with E-state index in [4.69, 9.17) is 9.92 Å². The third-order valence-corrected chi connectivity index (χ3v) is 6.08. The number of aromatic nitrogens is 2. The summed E-state index contributed by atoms with van der Waals surface area (Å²) in [5.74, 6) is -0.914. The van der Waals surface area contributed by atoms with Gasteiger partial charge in [-0.15, -0.1) is 0 Å². The fourth-order valence-corrected chi connectivity index (χ4v) is 4.89. The molecule has 9 nitrogen and oxygen atoms in total. The highest BCUT2D eigenvalue weighted by molar-refractivity contribution is 7.92. The molecule has 0 saturated carbocycles. The summed E-state index contributed by atoms with van der Waals surface area (Å²) < 4.78 is 53.8. The summed E-state index contributed by atoms with van der Waals surface area (Å²) in [7, 11) is -8.23. The van der Waals surface area contributed by atoms with Crippen LogP contribution in [0, 0.1) is 0 Å². The Bertz CT molecular complexity index is 1230. The van der Waals surface area contributed by atoms with Gasteiger partial charge in [0.2, 0.25) is 0 Å². The van der Waals surface area contributed by atoms with E-state index in [-0.39, 0.29) is 21.7 Å². The number of nitrogens with two attached hydrogens (primary N) is 1. The van der Waals surface area contributed by atoms with Crippen molar-refractivity contribution in [2.75, 3.05) is 6.26 Å². The molecule has 0 radical (unpaired) electrons. The van der Waals surface area contributed by atoms with Crippen molar-refractivity contribution in [1.29, 1.82) is 0 Å². The largest absolute Gasteiger partial charge is 0.379 e. The maximum atomic E-state index is 12.6. The van der Waals surface area contributed by atoms with Gasteiger partial charge in [-0.2, -0.15) is 13.5 Å². The smallest absolute Gasteiger partial charge is 0.340 e. The van der Waals surface area contributed by atoms with Crippen LogP contribution in [0.3, 0.4) is 0 Å². The predicted molar refractivity (Wildman–Crippen MR) is 92.0 cm³/mol. The molecule has 0 unspecified atom stereocenters. The van der Waals surface area contributed by atoms with Gasteiger partial charge in [-0.05, 0) is 30.3 Å². The molecule has 3 rings (SSSR count). The van der Waals surface area contributed by atoms with Gasteiger partial charge in [-0.3, -0.25) is 9.89 Å². The van der Waals surface area contributed by atoms with Crippen LogP contribution in [-0.2, 0) is 20.0 Å². The maximum Gasteiger partial charge on any atom is 0.340 e. The number of carbonyl (C=O) groups excluding carboxylic acids is 1. The molecular weight excluding hydrogens is 382 g/mol. The van der Waals surface area contributed by atoms with Crippen molar-refractivity contribution in [3.05, 3.63) is 48.2 Å². The van der Waals surface area contributed by atoms with E-state index in [1.165, 1.54) is 36.4 Å². The van der Waals surface area contributed by atoms with E-state index in [2.05, 4.69) is 10.2 Å². The van der Waals surface area contributed by atoms with Crippen molar-refractivity contribution in [1.82, 2.24) is 10.2 Å². The van der Waals surface area contributed by atoms with Gasteiger partial charge in [0.1, 0.15) is 10.6 Å². The number of sulfone groups is 1. The number of carbonyl (C=O) groups is 1. The van der Waals surface area contributed by atoms with Crippen LogP contribution in [0.15, 0.2) is 52.3 Å². The van der Waals surface area contributed by atoms with Crippen molar-refractivity contribution < 1.29 is 25.8 Å². The number of hydrogen-bond acceptors (Lipinski definition) is 7. The Kier molecular flexibility index (Phi) is 4.20. The molecule has 1 aromatic heterocycles. The highest BCUT2D eigenvalue weighted by Gasteiger charge is 2.25. The Hall–Kier alpha value is -2.92. The summed E-state index contributed by atoms with van der Waals surface area (Å²) in [4.78, 5) is 10.5. The minimum Gasteiger partial charge on any atom is -0.379 e. The third-order valence-electron chi connectivity index (χ3n) is 3.49. The van der Waals surface area contributed by atoms with E-state index >= 15 is 0 Å². The second-order valence-electron chi connectivity index (χ2n) is 5.40. The van der Waals surface area contributed by atoms with E-state index in [9.17, 15) is 21.6 Å². The first-order valence-corrected chi connectivity index (χ1v) is 10.4. The Morgan fingerprint density at radius 3 is 2.35 bits per heavy atom. The zero-order valence-electron chi connectivity index (χ0n) is 13.3. The Labute approximate surface area is 148 Å². The van der Waals surface area contributed by atoms with Gasteiger partial charge in [-0.25, -0.2) is 8.42 Å². The van der Waals surface area contributed by atoms with Gasteiger partial charge in [0, 0.05) is 11.6 Å². The Morgan fingerprint density at radius 2 is 1.73 bits per heavy atom. The lowest BCUT2D eigenvalue weighted by molar-refractivity contribution is 0.0997. The molecule has 0 aliphatic heterocycles. The first-order valence-electron chi connectivity index (χ1n) is 7.11. The highest BCUT2D eigenvalue weighted by atomic mass is 32.2. The van der Waals surface area contributed by atoms with Gasteiger partial charge >= 0.3 is 10.1 Å². The molecule has 0 spiro atoms. The molecule has 3 N–H and O–H groups in total. The van der Waals surface area contributed by atoms with E-state index in [0.717, 1.165) is 12.3 Å². The Balaban J connectivity index is 2.08. The first kappa shape index (κ1) is 17.9. The normalized spacial score (nSPS) is 12.2. The fraction of sp³-hybridized carbons (Fsp3) is 0.0667. The number of H-pyrrole nitrogens is 1. The molecule has 11 heteroatoms. The van der Waals surface area contributed by atoms with Gasteiger partial charge in [0.25, 0.3) is 5.91 Å². The summed E-state index contributed by atoms with van der Waals surface area (Å²) >= 11 is 0. The highest BCUT2D eigenvalue weighted by Crippen LogP contribution is 2.27. The fourth-order valence-electron chi connectivity index (χ4n) is 2.37. The van der Waals surface area contributed by atoms with Gasteiger partial charge < -0.3 is 9.92 Å². The number of primary amides is 1. The standard InChI is InChI=1S/C15H13N3O6S2/c1-25(20,21)12-4-2-3-5-13(12)26(22,23)24-9-6-7-11-10(8-9)14(15(16)19)18-17-11/h2-8H,1H3,(H2,16,19)(H,17,18). The quantitative estimate of drug-likeness (QED) is 0.608. The predicted octanol–water partition coefficient (Wildman–Crippen LogP) is 0.833. The van der Waals surface area contributed by atoms with Crippen LogP contribution in [0.5, 0.6) is 5.75 Å². The number of benzene rings is 2. The number of hydrogen-bond donors (Lipinski definition) is 2. The van der Waals surface area contributed by atoms with E-state index < -0.39 is 30.8 Å². The lowest BCUT2D eigenvalue weighted by Gasteiger charge is -2.10. The van der Waals surface area contributed by atoms with Crippen molar-refractivity contribution in [3.8, 4) is 5.75 Å². The van der Waals surface area contributed by atoms with E-state index in [1.807, 2.05) is 0 Å². The summed E-state index contributed by atoms with van der Waals surface area (Å²) in [5.41, 5.74) is 5.60. The molecule has 0 aliphatic rings. The molecule has 136 valence electrons. The molecule has 1 amide bonds. The monoisotopic (exact) mass is 395 g/mol. The van der Waals surface area contributed by atoms with Crippen LogP contribution in [0.1, 0.15) is 10.5 Å². The average molecular weight is 395 g/mol. The zero-order valence-corrected chi connectivity index (χ0v) is 15.0. The Morgan fingerprint density at radius 1 is 1.08 bits per heavy atom. The van der Waals surface area contributed by atoms with Gasteiger partial charge in [0.15, 0.2) is 15.5 Å². The summed E-state index contributed by atoms with van der Waals surface area (Å²) in [6.07, 6.45) is 0.901. The second-order valence-corrected chi connectivity index (χ2v) is 8.90. The molecule has 2 aromatic carbocycles. The average Bonchev–Trinajstić information content (AvgIpc) is 2.97. The number of amides is 1. The van der Waals surface area contributed by atoms with E-state index in [1.54, 1.807) is 0 Å². The molecule has 0 saturated heterocycles. The molecule has 0 aliphatic carbocycles. The minimum absolute atomic E-state index is 0.0700. The second kappa shape index (κ2) is 6.11. The van der Waals surface area contributed by atoms with Gasteiger partial charge in [-0.1, -0.05) is 12.1 Å². The van der Waals surface area contributed by atoms with Crippen LogP contribution in [0.4, 0.5) is 0 Å². The molecule has 1 heterocycles. The zero-order chi connectivity index (χ0) is 19.1. The SMILES string of the molecule is CS(=O)(=O)c1ccccc1S(=O)(=O)Oc1ccc2[nH]nc(C(N)=O)c2c1. The lowest BCUT2D eigenvalue weighted by Crippen LogP contribution is -2.14. The summed E-state index contributed by atoms with van der Waals surface area (Å²) in [5, 5.41) is 6.62. The molecule has 0 atom stereocenters. The lowest BCUT2D eigenvalue weighted by atomic mass is 10.2. The first-order chi connectivity index (χ1) is 12.1. The number of fused-ring (bicyclic) bond motifs is 1. The molecule has 26 heavy (non-hydrogen) atoms. The number of aromatic amines is 1. The van der Waals surface area contributed by atoms with Crippen molar-refractivity contribution in [2.45, 2.75) is 9.79 Å². The number of nitrogens with zero attached hydrogens (tertiary/aromatic N) is 1. The third kappa shape index (κ3) is 3.26. The van der Waals surface area contributed by atoms with Crippen LogP contribution in [0.2, 0.25) is 0 Å². The van der Waals surface area contributed by atoms with Crippen molar-refractivity contribution >= 4 is 36.8 Å². The topological polar surface area (TPSA) is 149 Å². The summed E-state index contributed by atoms with van der Waals surface area (Å²) in [6.45, 7) is 0. The molecule has 0 bridgehead atoms. The number of rotatable bonds is 5. The molecular formula is C15H13N3O6S2. The molecule has 0 fully saturated rings. The van der Waals surface area contributed by atoms with Crippen LogP contribution in [-0.4, -0.2) is 39.2 Å². The van der Waals surface area contributed by atoms with E-state index in [0.29, 0.717) is 5.52 Å². The maximum absolute atomic E-state index is 12.6. The van der Waals surface area contributed by atoms with Gasteiger partial charge in [0.05, 0.1) is 10.4 Å². The van der Waals surface area contributed by atoms with Crippen LogP contribution < -0.4 is 9.92 Å². The summed E-state index contributed by atoms with van der Waals surface area (Å²) in [6, 6.07) is 9.18. The van der Waals surface area contributed by atoms with Crippen molar-refractivity contribution in [2.24, 2.45) is 5.73 Å². The van der Waals surface area contributed by atoms with Crippen molar-refractivity contribution in [3.63, 3.8) is 0 Å². The van der Waals surface area contributed by atoms with Crippen LogP contribution >= 0.6 is 0 Å². The minimum atomic E-state index is -4.44. The molecule has 3 aromatic rings. The van der Waals surface area contributed by atoms with Crippen LogP contribution in [0.25, 0.3) is 10.9 Å². The number of nitrogens with one attached hydrogen (secondary N) is 1.